The van der Waals surface area contributed by atoms with Gasteiger partial charge in [-0.3, -0.25) is 9.44 Å². The van der Waals surface area contributed by atoms with Crippen LogP contribution in [0.3, 0.4) is 0 Å². The van der Waals surface area contributed by atoms with Gasteiger partial charge in [0, 0.05) is 17.3 Å². The van der Waals surface area contributed by atoms with Crippen LogP contribution < -0.4 is 9.44 Å². The Bertz CT molecular complexity index is 842. The van der Waals surface area contributed by atoms with Gasteiger partial charge in [-0.1, -0.05) is 31.2 Å². The van der Waals surface area contributed by atoms with Gasteiger partial charge in [-0.25, -0.2) is 16.8 Å². The summed E-state index contributed by atoms with van der Waals surface area (Å²) in [6.07, 6.45) is 3.08. The highest BCUT2D eigenvalue weighted by Crippen LogP contribution is 2.29. The molecule has 2 rings (SSSR count). The van der Waals surface area contributed by atoms with Crippen molar-refractivity contribution in [1.82, 2.24) is 0 Å². The second-order valence-electron chi connectivity index (χ2n) is 5.95. The number of hydrogen-bond donors (Lipinski definition) is 2. The highest BCUT2D eigenvalue weighted by Gasteiger charge is 2.13. The maximum absolute atomic E-state index is 11.3. The van der Waals surface area contributed by atoms with Gasteiger partial charge in [-0.2, -0.15) is 0 Å². The van der Waals surface area contributed by atoms with Crippen molar-refractivity contribution >= 4 is 31.4 Å². The average molecular weight is 383 g/mol. The molecule has 136 valence electrons. The summed E-state index contributed by atoms with van der Waals surface area (Å²) in [6, 6.07) is 14.5. The summed E-state index contributed by atoms with van der Waals surface area (Å²) in [7, 11) is -6.59. The zero-order valence-electron chi connectivity index (χ0n) is 14.4. The summed E-state index contributed by atoms with van der Waals surface area (Å²) in [4.78, 5) is 0. The second kappa shape index (κ2) is 7.45. The molecule has 2 aromatic carbocycles. The fourth-order valence-electron chi connectivity index (χ4n) is 2.66. The first kappa shape index (κ1) is 19.3. The van der Waals surface area contributed by atoms with Crippen molar-refractivity contribution in [2.75, 3.05) is 22.0 Å². The molecule has 0 amide bonds. The Labute approximate surface area is 149 Å². The molecule has 8 heteroatoms. The largest absolute Gasteiger partial charge is 0.284 e. The van der Waals surface area contributed by atoms with Gasteiger partial charge in [-0.15, -0.1) is 0 Å². The average Bonchev–Trinajstić information content (AvgIpc) is 2.48. The monoisotopic (exact) mass is 382 g/mol. The van der Waals surface area contributed by atoms with Crippen LogP contribution in [0, 0.1) is 0 Å². The maximum Gasteiger partial charge on any atom is 0.229 e. The minimum absolute atomic E-state index is 0.138. The predicted octanol–water partition coefficient (Wildman–Crippen LogP) is 2.97. The third-order valence-corrected chi connectivity index (χ3v) is 4.85. The van der Waals surface area contributed by atoms with Crippen molar-refractivity contribution < 1.29 is 16.8 Å². The molecule has 0 bridgehead atoms. The van der Waals surface area contributed by atoms with Crippen LogP contribution in [0.2, 0.25) is 0 Å². The van der Waals surface area contributed by atoms with Crippen molar-refractivity contribution in [3.8, 4) is 0 Å². The molecule has 0 unspecified atom stereocenters. The maximum atomic E-state index is 11.3. The van der Waals surface area contributed by atoms with Crippen molar-refractivity contribution in [2.45, 2.75) is 19.3 Å². The summed E-state index contributed by atoms with van der Waals surface area (Å²) < 4.78 is 50.0. The highest BCUT2D eigenvalue weighted by molar-refractivity contribution is 7.92. The fourth-order valence-corrected chi connectivity index (χ4v) is 3.79. The van der Waals surface area contributed by atoms with Gasteiger partial charge < -0.3 is 0 Å². The van der Waals surface area contributed by atoms with Crippen LogP contribution in [0.4, 0.5) is 11.4 Å². The molecule has 2 N–H and O–H groups in total. The van der Waals surface area contributed by atoms with Crippen molar-refractivity contribution in [1.29, 1.82) is 0 Å². The molecule has 0 radical (unpaired) electrons. The number of rotatable bonds is 7. The highest BCUT2D eigenvalue weighted by atomic mass is 32.2. The number of nitrogens with one attached hydrogen (secondary N) is 2. The van der Waals surface area contributed by atoms with Crippen LogP contribution >= 0.6 is 0 Å². The minimum atomic E-state index is -3.29. The molecule has 0 aliphatic rings. The van der Waals surface area contributed by atoms with Gasteiger partial charge in [0.05, 0.1) is 12.5 Å². The summed E-state index contributed by atoms with van der Waals surface area (Å²) in [5.41, 5.74) is 3.17. The molecule has 0 aromatic heterocycles. The van der Waals surface area contributed by atoms with Crippen LogP contribution in [0.1, 0.15) is 30.4 Å². The molecule has 0 saturated heterocycles. The summed E-state index contributed by atoms with van der Waals surface area (Å²) in [6.45, 7) is 2.07. The van der Waals surface area contributed by atoms with Gasteiger partial charge in [0.2, 0.25) is 20.0 Å². The topological polar surface area (TPSA) is 92.3 Å². The van der Waals surface area contributed by atoms with Crippen LogP contribution in [0.5, 0.6) is 0 Å². The quantitative estimate of drug-likeness (QED) is 0.770. The molecular weight excluding hydrogens is 360 g/mol. The number of sulfonamides is 2. The molecule has 0 aliphatic carbocycles. The Morgan fingerprint density at radius 1 is 0.720 bits per heavy atom. The lowest BCUT2D eigenvalue weighted by molar-refractivity contribution is 0.605. The Morgan fingerprint density at radius 2 is 1.04 bits per heavy atom. The molecule has 25 heavy (non-hydrogen) atoms. The summed E-state index contributed by atoms with van der Waals surface area (Å²) in [5, 5.41) is 0. The summed E-state index contributed by atoms with van der Waals surface area (Å²) in [5.74, 6) is 0.138. The van der Waals surface area contributed by atoms with E-state index in [1.54, 1.807) is 24.3 Å². The number of hydrogen-bond acceptors (Lipinski definition) is 4. The Morgan fingerprint density at radius 3 is 1.28 bits per heavy atom. The molecule has 0 heterocycles. The Hall–Kier alpha value is -2.06. The van der Waals surface area contributed by atoms with E-state index in [-0.39, 0.29) is 5.92 Å². The van der Waals surface area contributed by atoms with Gasteiger partial charge in [0.1, 0.15) is 0 Å². The van der Waals surface area contributed by atoms with E-state index in [4.69, 9.17) is 0 Å². The second-order valence-corrected chi connectivity index (χ2v) is 9.45. The van der Waals surface area contributed by atoms with Crippen molar-refractivity contribution in [3.63, 3.8) is 0 Å². The molecule has 0 spiro atoms. The van der Waals surface area contributed by atoms with E-state index in [0.717, 1.165) is 30.1 Å². The van der Waals surface area contributed by atoms with E-state index in [2.05, 4.69) is 16.4 Å². The first-order chi connectivity index (χ1) is 11.6. The third-order valence-electron chi connectivity index (χ3n) is 3.64. The lowest BCUT2D eigenvalue weighted by Crippen LogP contribution is -2.10. The van der Waals surface area contributed by atoms with Crippen LogP contribution in [0.25, 0.3) is 0 Å². The molecular formula is C17H22N2O4S2. The van der Waals surface area contributed by atoms with Gasteiger partial charge in [0.15, 0.2) is 0 Å². The smallest absolute Gasteiger partial charge is 0.229 e. The first-order valence-corrected chi connectivity index (χ1v) is 11.5. The predicted molar refractivity (Wildman–Crippen MR) is 102 cm³/mol. The normalized spacial score (nSPS) is 12.2. The number of anilines is 2. The zero-order chi connectivity index (χ0) is 18.7. The minimum Gasteiger partial charge on any atom is -0.284 e. The fraction of sp³-hybridized carbons (Fsp3) is 0.294. The standard InChI is InChI=1S/C17H22N2O4S2/c1-4-17(13-5-9-15(10-6-13)18-24(2,20)21)14-7-11-16(12-8-14)19-25(3,22)23/h5-12,17-19H,4H2,1-3H3. The molecule has 0 saturated carbocycles. The molecule has 0 aliphatic heterocycles. The molecule has 0 atom stereocenters. The van der Waals surface area contributed by atoms with Gasteiger partial charge in [-0.05, 0) is 41.8 Å². The molecule has 0 fully saturated rings. The van der Waals surface area contributed by atoms with E-state index in [9.17, 15) is 16.8 Å². The van der Waals surface area contributed by atoms with E-state index in [0.29, 0.717) is 11.4 Å². The number of benzene rings is 2. The van der Waals surface area contributed by atoms with Gasteiger partial charge >= 0.3 is 0 Å². The summed E-state index contributed by atoms with van der Waals surface area (Å²) >= 11 is 0. The van der Waals surface area contributed by atoms with E-state index in [1.165, 1.54) is 0 Å². The first-order valence-electron chi connectivity index (χ1n) is 7.73. The lowest BCUT2D eigenvalue weighted by Gasteiger charge is -2.17. The third kappa shape index (κ3) is 6.06. The molecule has 6 nitrogen and oxygen atoms in total. The SMILES string of the molecule is CCC(c1ccc(NS(C)(=O)=O)cc1)c1ccc(NS(C)(=O)=O)cc1. The van der Waals surface area contributed by atoms with E-state index in [1.807, 2.05) is 24.3 Å². The van der Waals surface area contributed by atoms with Crippen LogP contribution in [-0.4, -0.2) is 29.3 Å². The Balaban J connectivity index is 2.21. The van der Waals surface area contributed by atoms with Crippen LogP contribution in [-0.2, 0) is 20.0 Å². The zero-order valence-corrected chi connectivity index (χ0v) is 16.0. The lowest BCUT2D eigenvalue weighted by atomic mass is 9.89. The van der Waals surface area contributed by atoms with Crippen LogP contribution in [0.15, 0.2) is 48.5 Å². The van der Waals surface area contributed by atoms with E-state index < -0.39 is 20.0 Å². The van der Waals surface area contributed by atoms with Crippen molar-refractivity contribution in [2.24, 2.45) is 0 Å². The van der Waals surface area contributed by atoms with Gasteiger partial charge in [0.25, 0.3) is 0 Å². The molecule has 2 aromatic rings. The van der Waals surface area contributed by atoms with Crippen molar-refractivity contribution in [3.05, 3.63) is 59.7 Å². The Kier molecular flexibility index (Phi) is 5.74. The van der Waals surface area contributed by atoms with E-state index >= 15 is 0 Å².